The third-order valence-corrected chi connectivity index (χ3v) is 13.6. The van der Waals surface area contributed by atoms with E-state index in [4.69, 9.17) is 10.2 Å². The summed E-state index contributed by atoms with van der Waals surface area (Å²) in [7, 11) is -4.90. The van der Waals surface area contributed by atoms with Crippen LogP contribution in [0.15, 0.2) is 24.5 Å². The van der Waals surface area contributed by atoms with Gasteiger partial charge in [0.25, 0.3) is 0 Å². The molecule has 0 aromatic carbocycles. The summed E-state index contributed by atoms with van der Waals surface area (Å²) in [5, 5.41) is 12.6. The van der Waals surface area contributed by atoms with Gasteiger partial charge in [-0.3, -0.25) is 8.69 Å². The first kappa shape index (κ1) is 18.4. The molecule has 0 spiro atoms. The fourth-order valence-electron chi connectivity index (χ4n) is 3.34. The van der Waals surface area contributed by atoms with Gasteiger partial charge in [0.1, 0.15) is 0 Å². The molecule has 2 aromatic rings. The molecule has 0 aliphatic rings. The van der Waals surface area contributed by atoms with E-state index in [2.05, 4.69) is 74.0 Å². The van der Waals surface area contributed by atoms with Crippen molar-refractivity contribution in [3.05, 3.63) is 24.5 Å². The summed E-state index contributed by atoms with van der Waals surface area (Å²) < 4.78 is 4.85. The Labute approximate surface area is 144 Å². The third-order valence-electron chi connectivity index (χ3n) is 4.74. The van der Waals surface area contributed by atoms with Gasteiger partial charge in [-0.25, -0.2) is 0 Å². The van der Waals surface area contributed by atoms with Gasteiger partial charge in [0.2, 0.25) is 0 Å². The van der Waals surface area contributed by atoms with Gasteiger partial charge in [0.15, 0.2) is 0 Å². The summed E-state index contributed by atoms with van der Waals surface area (Å²) in [5.74, 6) is 0. The van der Waals surface area contributed by atoms with Crippen molar-refractivity contribution in [2.45, 2.75) is 65.2 Å². The Balaban J connectivity index is 2.73. The summed E-state index contributed by atoms with van der Waals surface area (Å²) >= 11 is 0. The zero-order valence-corrected chi connectivity index (χ0v) is 19.0. The Hall–Kier alpha value is -0.929. The van der Waals surface area contributed by atoms with Crippen LogP contribution in [0.25, 0.3) is 0 Å². The van der Waals surface area contributed by atoms with Gasteiger partial charge in [-0.15, -0.1) is 0 Å². The minimum absolute atomic E-state index is 1.13. The molecule has 0 atom stereocenters. The highest BCUT2D eigenvalue weighted by molar-refractivity contribution is 6.92. The Morgan fingerprint density at radius 3 is 1.35 bits per heavy atom. The van der Waals surface area contributed by atoms with E-state index in [1.165, 1.54) is 10.6 Å². The second-order valence-corrected chi connectivity index (χ2v) is 22.7. The maximum atomic E-state index is 4.84. The van der Waals surface area contributed by atoms with Crippen molar-refractivity contribution in [3.63, 3.8) is 0 Å². The lowest BCUT2D eigenvalue weighted by atomic mass is 10.8. The van der Waals surface area contributed by atoms with Crippen LogP contribution in [-0.4, -0.2) is 43.4 Å². The van der Waals surface area contributed by atoms with Crippen molar-refractivity contribution >= 4 is 35.2 Å². The lowest BCUT2D eigenvalue weighted by Gasteiger charge is -2.36. The van der Waals surface area contributed by atoms with Crippen LogP contribution in [0, 0.1) is 0 Å². The van der Waals surface area contributed by atoms with Gasteiger partial charge in [-0.2, -0.15) is 10.2 Å². The van der Waals surface area contributed by atoms with E-state index in [1.807, 2.05) is 12.4 Å². The molecule has 4 nitrogen and oxygen atoms in total. The Bertz CT molecular complexity index is 603. The number of nitrogens with zero attached hydrogens (tertiary/aromatic N) is 4. The largest absolute Gasteiger partial charge is 0.308 e. The molecule has 0 unspecified atom stereocenters. The van der Waals surface area contributed by atoms with E-state index in [9.17, 15) is 0 Å². The lowest BCUT2D eigenvalue weighted by molar-refractivity contribution is 0.804. The number of rotatable bonds is 6. The van der Waals surface area contributed by atoms with Gasteiger partial charge < -0.3 is 0 Å². The molecule has 0 aliphatic carbocycles. The van der Waals surface area contributed by atoms with Gasteiger partial charge >= 0.3 is 8.40 Å². The maximum absolute atomic E-state index is 4.84. The molecule has 0 saturated carbocycles. The molecule has 128 valence electrons. The van der Waals surface area contributed by atoms with E-state index < -0.39 is 24.5 Å². The molecule has 0 radical (unpaired) electrons. The summed E-state index contributed by atoms with van der Waals surface area (Å²) in [4.78, 5) is 0. The predicted octanol–water partition coefficient (Wildman–Crippen LogP) is 3.05. The van der Waals surface area contributed by atoms with Crippen LogP contribution in [0.3, 0.4) is 0 Å². The molecule has 2 aromatic heterocycles. The van der Waals surface area contributed by atoms with Crippen molar-refractivity contribution < 1.29 is 0 Å². The number of hydrogen-bond donors (Lipinski definition) is 0. The van der Waals surface area contributed by atoms with Crippen LogP contribution in [0.4, 0.5) is 0 Å². The fraction of sp³-hybridized carbons (Fsp3) is 0.625. The van der Waals surface area contributed by atoms with Crippen molar-refractivity contribution in [2.75, 3.05) is 0 Å². The van der Waals surface area contributed by atoms with E-state index in [0.717, 1.165) is 12.1 Å². The second kappa shape index (κ2) is 6.18. The zero-order chi connectivity index (χ0) is 17.5. The highest BCUT2D eigenvalue weighted by Gasteiger charge is 2.43. The summed E-state index contributed by atoms with van der Waals surface area (Å²) in [5.41, 5.74) is 0. The molecule has 0 fully saturated rings. The minimum Gasteiger partial charge on any atom is -0.279 e. The molecule has 0 bridgehead atoms. The van der Waals surface area contributed by atoms with Gasteiger partial charge in [-0.1, -0.05) is 53.1 Å². The van der Waals surface area contributed by atoms with Crippen molar-refractivity contribution in [3.8, 4) is 0 Å². The summed E-state index contributed by atoms with van der Waals surface area (Å²) in [6.07, 6.45) is 4.00. The molecular formula is C16H32N4Si3. The van der Waals surface area contributed by atoms with Gasteiger partial charge in [-0.05, 0) is 24.2 Å². The van der Waals surface area contributed by atoms with Crippen LogP contribution in [0.1, 0.15) is 13.8 Å². The van der Waals surface area contributed by atoms with Crippen LogP contribution >= 0.6 is 0 Å². The highest BCUT2D eigenvalue weighted by atomic mass is 28.4. The van der Waals surface area contributed by atoms with Gasteiger partial charge in [0, 0.05) is 23.0 Å². The monoisotopic (exact) mass is 364 g/mol. The summed E-state index contributed by atoms with van der Waals surface area (Å²) in [6.45, 7) is 19.1. The molecule has 2 heterocycles. The molecular weight excluding hydrogens is 332 g/mol. The second-order valence-electron chi connectivity index (χ2n) is 8.45. The van der Waals surface area contributed by atoms with E-state index in [-0.39, 0.29) is 0 Å². The predicted molar refractivity (Wildman–Crippen MR) is 108 cm³/mol. The fourth-order valence-corrected chi connectivity index (χ4v) is 12.6. The SMILES string of the molecule is CC[Si](CC)(n1nccc1[Si](C)(C)C)n1nccc1[Si](C)(C)C. The van der Waals surface area contributed by atoms with Gasteiger partial charge in [0.05, 0.1) is 16.1 Å². The quantitative estimate of drug-likeness (QED) is 0.739. The third kappa shape index (κ3) is 3.18. The first-order chi connectivity index (χ1) is 10.6. The number of aromatic nitrogens is 4. The lowest BCUT2D eigenvalue weighted by Crippen LogP contribution is -2.64. The van der Waals surface area contributed by atoms with E-state index in [1.54, 1.807) is 0 Å². The highest BCUT2D eigenvalue weighted by Crippen LogP contribution is 2.20. The van der Waals surface area contributed by atoms with Crippen LogP contribution in [-0.2, 0) is 0 Å². The van der Waals surface area contributed by atoms with E-state index >= 15 is 0 Å². The molecule has 23 heavy (non-hydrogen) atoms. The minimum atomic E-state index is -2.02. The summed E-state index contributed by atoms with van der Waals surface area (Å²) in [6, 6.07) is 6.75. The average molecular weight is 365 g/mol. The Kier molecular flexibility index (Phi) is 4.94. The van der Waals surface area contributed by atoms with Crippen molar-refractivity contribution in [1.29, 1.82) is 0 Å². The Morgan fingerprint density at radius 2 is 1.09 bits per heavy atom. The first-order valence-corrected chi connectivity index (χ1v) is 18.0. The topological polar surface area (TPSA) is 35.6 Å². The van der Waals surface area contributed by atoms with Crippen LogP contribution < -0.4 is 10.6 Å². The molecule has 0 aliphatic heterocycles. The zero-order valence-electron chi connectivity index (χ0n) is 16.0. The maximum Gasteiger partial charge on any atom is 0.308 e. The Morgan fingerprint density at radius 1 is 0.739 bits per heavy atom. The first-order valence-electron chi connectivity index (χ1n) is 8.68. The molecule has 0 saturated heterocycles. The molecule has 0 amide bonds. The average Bonchev–Trinajstić information content (AvgIpc) is 3.08. The standard InChI is InChI=1S/C16H32N4Si3/c1-9-23(10-2,19-15(11-13-17-19)21(3,4)5)20-16(12-14-18-20)22(6,7)8/h11-14H,9-10H2,1-8H3. The smallest absolute Gasteiger partial charge is 0.279 e. The van der Waals surface area contributed by atoms with E-state index in [0.29, 0.717) is 0 Å². The van der Waals surface area contributed by atoms with Crippen molar-refractivity contribution in [2.24, 2.45) is 0 Å². The number of hydrogen-bond acceptors (Lipinski definition) is 2. The molecule has 7 heteroatoms. The molecule has 2 rings (SSSR count). The molecule has 0 N–H and O–H groups in total. The normalized spacial score (nSPS) is 13.6. The van der Waals surface area contributed by atoms with Crippen molar-refractivity contribution in [1.82, 2.24) is 18.9 Å². The van der Waals surface area contributed by atoms with Crippen LogP contribution in [0.2, 0.25) is 51.4 Å². The van der Waals surface area contributed by atoms with Crippen LogP contribution in [0.5, 0.6) is 0 Å².